The highest BCUT2D eigenvalue weighted by atomic mass is 32.2. The number of likely N-dealkylation sites (tertiary alicyclic amines) is 1. The third kappa shape index (κ3) is 4.21. The quantitative estimate of drug-likeness (QED) is 0.761. The van der Waals surface area contributed by atoms with E-state index in [2.05, 4.69) is 0 Å². The minimum atomic E-state index is -3.28. The fraction of sp³-hybridized carbons (Fsp3) is 0.632. The molecular formula is C19H28N2O5S. The first kappa shape index (κ1) is 19.9. The molecule has 2 aliphatic heterocycles. The van der Waals surface area contributed by atoms with E-state index < -0.39 is 10.0 Å². The van der Waals surface area contributed by atoms with Crippen molar-refractivity contribution in [2.75, 3.05) is 40.1 Å². The van der Waals surface area contributed by atoms with Crippen molar-refractivity contribution in [1.82, 2.24) is 9.21 Å². The summed E-state index contributed by atoms with van der Waals surface area (Å²) in [5.74, 6) is 1.22. The van der Waals surface area contributed by atoms with Gasteiger partial charge in [0.25, 0.3) is 0 Å². The summed E-state index contributed by atoms with van der Waals surface area (Å²) in [6.07, 6.45) is 4.42. The minimum Gasteiger partial charge on any atom is -0.497 e. The second-order valence-corrected chi connectivity index (χ2v) is 9.24. The number of ether oxygens (including phenoxy) is 2. The second-order valence-electron chi connectivity index (χ2n) is 7.26. The highest BCUT2D eigenvalue weighted by molar-refractivity contribution is 7.88. The first-order chi connectivity index (χ1) is 12.8. The molecule has 2 unspecified atom stereocenters. The van der Waals surface area contributed by atoms with Crippen LogP contribution in [0.5, 0.6) is 11.5 Å². The van der Waals surface area contributed by atoms with Crippen LogP contribution in [0.4, 0.5) is 0 Å². The molecule has 2 fully saturated rings. The monoisotopic (exact) mass is 396 g/mol. The first-order valence-electron chi connectivity index (χ1n) is 9.32. The number of sulfonamides is 1. The summed E-state index contributed by atoms with van der Waals surface area (Å²) < 4.78 is 36.1. The summed E-state index contributed by atoms with van der Waals surface area (Å²) in [6, 6.07) is 5.56. The summed E-state index contributed by atoms with van der Waals surface area (Å²) in [5.41, 5.74) is 0.943. The lowest BCUT2D eigenvalue weighted by Crippen LogP contribution is -2.46. The van der Waals surface area contributed by atoms with Crippen LogP contribution in [0.25, 0.3) is 0 Å². The van der Waals surface area contributed by atoms with Gasteiger partial charge in [-0.25, -0.2) is 12.7 Å². The Balaban J connectivity index is 1.83. The van der Waals surface area contributed by atoms with Crippen LogP contribution >= 0.6 is 0 Å². The zero-order valence-electron chi connectivity index (χ0n) is 16.2. The smallest absolute Gasteiger partial charge is 0.227 e. The first-order valence-corrected chi connectivity index (χ1v) is 11.2. The van der Waals surface area contributed by atoms with E-state index in [4.69, 9.17) is 9.47 Å². The number of piperidine rings is 1. The molecule has 0 radical (unpaired) electrons. The van der Waals surface area contributed by atoms with Crippen LogP contribution in [0.2, 0.25) is 0 Å². The predicted molar refractivity (Wildman–Crippen MR) is 102 cm³/mol. The van der Waals surface area contributed by atoms with E-state index in [-0.39, 0.29) is 24.4 Å². The normalized spacial score (nSPS) is 24.0. The van der Waals surface area contributed by atoms with Crippen LogP contribution in [-0.4, -0.2) is 63.6 Å². The van der Waals surface area contributed by atoms with E-state index >= 15 is 0 Å². The van der Waals surface area contributed by atoms with E-state index in [9.17, 15) is 13.2 Å². The summed E-state index contributed by atoms with van der Waals surface area (Å²) in [5, 5.41) is 0. The van der Waals surface area contributed by atoms with E-state index in [0.717, 1.165) is 36.3 Å². The van der Waals surface area contributed by atoms with Crippen molar-refractivity contribution in [3.8, 4) is 11.5 Å². The molecule has 3 rings (SSSR count). The molecular weight excluding hydrogens is 368 g/mol. The lowest BCUT2D eigenvalue weighted by atomic mass is 9.96. The van der Waals surface area contributed by atoms with Gasteiger partial charge < -0.3 is 14.4 Å². The van der Waals surface area contributed by atoms with Gasteiger partial charge in [0.2, 0.25) is 15.9 Å². The number of carbonyl (C=O) groups excluding carboxylic acids is 1. The summed E-state index contributed by atoms with van der Waals surface area (Å²) in [7, 11) is -0.0365. The largest absolute Gasteiger partial charge is 0.497 e. The fourth-order valence-corrected chi connectivity index (χ4v) is 5.04. The fourth-order valence-electron chi connectivity index (χ4n) is 4.13. The zero-order chi connectivity index (χ0) is 19.6. The lowest BCUT2D eigenvalue weighted by Gasteiger charge is -2.35. The molecule has 1 amide bonds. The third-order valence-corrected chi connectivity index (χ3v) is 6.80. The molecule has 27 heavy (non-hydrogen) atoms. The van der Waals surface area contributed by atoms with Gasteiger partial charge in [0.05, 0.1) is 32.4 Å². The van der Waals surface area contributed by atoms with Crippen LogP contribution in [0.15, 0.2) is 18.2 Å². The van der Waals surface area contributed by atoms with E-state index in [0.29, 0.717) is 19.5 Å². The van der Waals surface area contributed by atoms with Crippen molar-refractivity contribution in [2.24, 2.45) is 5.92 Å². The number of hydrogen-bond donors (Lipinski definition) is 0. The average Bonchev–Trinajstić information content (AvgIpc) is 3.15. The molecule has 2 atom stereocenters. The molecule has 0 N–H and O–H groups in total. The Morgan fingerprint density at radius 1 is 1.11 bits per heavy atom. The van der Waals surface area contributed by atoms with Crippen molar-refractivity contribution in [3.63, 3.8) is 0 Å². The Morgan fingerprint density at radius 2 is 1.85 bits per heavy atom. The van der Waals surface area contributed by atoms with Crippen LogP contribution < -0.4 is 9.47 Å². The molecule has 0 spiro atoms. The van der Waals surface area contributed by atoms with Gasteiger partial charge >= 0.3 is 0 Å². The van der Waals surface area contributed by atoms with Crippen LogP contribution in [0, 0.1) is 5.92 Å². The van der Waals surface area contributed by atoms with Crippen molar-refractivity contribution in [2.45, 2.75) is 31.7 Å². The van der Waals surface area contributed by atoms with Gasteiger partial charge in [0, 0.05) is 25.2 Å². The van der Waals surface area contributed by atoms with Crippen LogP contribution in [-0.2, 0) is 14.8 Å². The number of nitrogens with zero attached hydrogens (tertiary/aromatic N) is 2. The average molecular weight is 397 g/mol. The zero-order valence-corrected chi connectivity index (χ0v) is 17.0. The molecule has 7 nitrogen and oxygen atoms in total. The molecule has 2 aliphatic rings. The van der Waals surface area contributed by atoms with Crippen LogP contribution in [0.1, 0.15) is 37.3 Å². The van der Waals surface area contributed by atoms with Gasteiger partial charge in [-0.1, -0.05) is 0 Å². The second kappa shape index (κ2) is 8.06. The van der Waals surface area contributed by atoms with Gasteiger partial charge in [-0.2, -0.15) is 0 Å². The van der Waals surface area contributed by atoms with Crippen molar-refractivity contribution in [1.29, 1.82) is 0 Å². The van der Waals surface area contributed by atoms with E-state index in [1.807, 2.05) is 23.1 Å². The van der Waals surface area contributed by atoms with E-state index in [1.165, 1.54) is 10.6 Å². The number of amides is 1. The van der Waals surface area contributed by atoms with Gasteiger partial charge in [-0.15, -0.1) is 0 Å². The molecule has 0 aliphatic carbocycles. The van der Waals surface area contributed by atoms with Gasteiger partial charge in [-0.05, 0) is 43.9 Å². The van der Waals surface area contributed by atoms with Crippen LogP contribution in [0.3, 0.4) is 0 Å². The third-order valence-electron chi connectivity index (χ3n) is 5.53. The highest BCUT2D eigenvalue weighted by Gasteiger charge is 2.38. The Morgan fingerprint density at radius 3 is 2.52 bits per heavy atom. The summed E-state index contributed by atoms with van der Waals surface area (Å²) in [4.78, 5) is 15.1. The number of carbonyl (C=O) groups is 1. The molecule has 1 aromatic rings. The molecule has 1 aromatic carbocycles. The highest BCUT2D eigenvalue weighted by Crippen LogP contribution is 2.40. The van der Waals surface area contributed by atoms with Gasteiger partial charge in [0.1, 0.15) is 11.5 Å². The van der Waals surface area contributed by atoms with Crippen molar-refractivity contribution >= 4 is 15.9 Å². The molecule has 2 saturated heterocycles. The summed E-state index contributed by atoms with van der Waals surface area (Å²) in [6.45, 7) is 1.45. The maximum Gasteiger partial charge on any atom is 0.227 e. The Hall–Kier alpha value is -1.80. The maximum atomic E-state index is 13.2. The molecule has 0 saturated carbocycles. The predicted octanol–water partition coefficient (Wildman–Crippen LogP) is 2.04. The SMILES string of the molecule is COc1ccc(OC)c(C2CCCN2C(=O)C2CCCN(S(C)(=O)=O)C2)c1. The number of methoxy groups -OCH3 is 2. The molecule has 2 heterocycles. The molecule has 8 heteroatoms. The number of rotatable bonds is 5. The molecule has 0 aromatic heterocycles. The van der Waals surface area contributed by atoms with Gasteiger partial charge in [-0.3, -0.25) is 4.79 Å². The standard InChI is InChI=1S/C19H28N2O5S/c1-25-15-8-9-18(26-2)16(12-15)17-7-5-11-21(17)19(22)14-6-4-10-20(13-14)27(3,23)24/h8-9,12,14,17H,4-7,10-11,13H2,1-3H3. The van der Waals surface area contributed by atoms with E-state index in [1.54, 1.807) is 14.2 Å². The van der Waals surface area contributed by atoms with Crippen molar-refractivity contribution < 1.29 is 22.7 Å². The minimum absolute atomic E-state index is 0.0377. The topological polar surface area (TPSA) is 76.2 Å². The summed E-state index contributed by atoms with van der Waals surface area (Å²) >= 11 is 0. The Kier molecular flexibility index (Phi) is 5.95. The molecule has 0 bridgehead atoms. The Bertz CT molecular complexity index is 795. The number of benzene rings is 1. The molecule has 150 valence electrons. The Labute approximate surface area is 161 Å². The number of hydrogen-bond acceptors (Lipinski definition) is 5. The lowest BCUT2D eigenvalue weighted by molar-refractivity contribution is -0.137. The van der Waals surface area contributed by atoms with Crippen molar-refractivity contribution in [3.05, 3.63) is 23.8 Å². The van der Waals surface area contributed by atoms with Gasteiger partial charge in [0.15, 0.2) is 0 Å². The maximum absolute atomic E-state index is 13.2.